The van der Waals surface area contributed by atoms with E-state index in [2.05, 4.69) is 60.7 Å². The number of nitrogens with one attached hydrogen (secondary N) is 1. The van der Waals surface area contributed by atoms with Gasteiger partial charge in [0.15, 0.2) is 0 Å². The molecule has 0 aromatic heterocycles. The molecule has 0 heterocycles. The van der Waals surface area contributed by atoms with Crippen molar-refractivity contribution in [2.75, 3.05) is 25.5 Å². The second-order valence-corrected chi connectivity index (χ2v) is 5.08. The minimum absolute atomic E-state index is 0.256. The molecule has 0 saturated heterocycles. The maximum atomic E-state index is 5.89. The SMILES string of the molecule is CN(C)c1ccc(C(CN)NC2CC=CC2)cc1. The number of rotatable bonds is 5. The second-order valence-electron chi connectivity index (χ2n) is 5.08. The summed E-state index contributed by atoms with van der Waals surface area (Å²) in [5.74, 6) is 0. The fourth-order valence-electron chi connectivity index (χ4n) is 2.34. The molecule has 3 heteroatoms. The molecule has 0 saturated carbocycles. The van der Waals surface area contributed by atoms with E-state index in [1.807, 2.05) is 0 Å². The van der Waals surface area contributed by atoms with Crippen LogP contribution in [0.1, 0.15) is 24.4 Å². The quantitative estimate of drug-likeness (QED) is 0.780. The zero-order valence-corrected chi connectivity index (χ0v) is 11.3. The van der Waals surface area contributed by atoms with Crippen LogP contribution < -0.4 is 16.0 Å². The summed E-state index contributed by atoms with van der Waals surface area (Å²) in [6.07, 6.45) is 6.71. The van der Waals surface area contributed by atoms with Crippen molar-refractivity contribution in [3.8, 4) is 0 Å². The van der Waals surface area contributed by atoms with Crippen molar-refractivity contribution < 1.29 is 0 Å². The van der Waals surface area contributed by atoms with Gasteiger partial charge >= 0.3 is 0 Å². The number of anilines is 1. The maximum absolute atomic E-state index is 5.89. The molecule has 3 nitrogen and oxygen atoms in total. The first-order valence-electron chi connectivity index (χ1n) is 6.59. The number of hydrogen-bond acceptors (Lipinski definition) is 3. The fourth-order valence-corrected chi connectivity index (χ4v) is 2.34. The van der Waals surface area contributed by atoms with Gasteiger partial charge in [-0.2, -0.15) is 0 Å². The highest BCUT2D eigenvalue weighted by Crippen LogP contribution is 2.20. The van der Waals surface area contributed by atoms with Crippen LogP contribution in [-0.2, 0) is 0 Å². The summed E-state index contributed by atoms with van der Waals surface area (Å²) in [6.45, 7) is 0.637. The standard InChI is InChI=1S/C15H23N3/c1-18(2)14-9-7-12(8-10-14)15(11-16)17-13-5-3-4-6-13/h3-4,7-10,13,15,17H,5-6,11,16H2,1-2H3. The van der Waals surface area contributed by atoms with Crippen molar-refractivity contribution in [1.82, 2.24) is 5.32 Å². The van der Waals surface area contributed by atoms with Crippen molar-refractivity contribution in [2.24, 2.45) is 5.73 Å². The van der Waals surface area contributed by atoms with Crippen molar-refractivity contribution in [2.45, 2.75) is 24.9 Å². The predicted octanol–water partition coefficient (Wildman–Crippen LogP) is 2.06. The Morgan fingerprint density at radius 1 is 1.22 bits per heavy atom. The van der Waals surface area contributed by atoms with Crippen molar-refractivity contribution in [3.05, 3.63) is 42.0 Å². The third-order valence-corrected chi connectivity index (χ3v) is 3.49. The lowest BCUT2D eigenvalue weighted by Gasteiger charge is -2.23. The van der Waals surface area contributed by atoms with Gasteiger partial charge in [0.2, 0.25) is 0 Å². The monoisotopic (exact) mass is 245 g/mol. The first kappa shape index (κ1) is 13.1. The van der Waals surface area contributed by atoms with Crippen molar-refractivity contribution in [1.29, 1.82) is 0 Å². The Labute approximate surface area is 110 Å². The summed E-state index contributed by atoms with van der Waals surface area (Å²) in [4.78, 5) is 2.11. The van der Waals surface area contributed by atoms with Gasteiger partial charge in [-0.3, -0.25) is 0 Å². The van der Waals surface area contributed by atoms with Crippen LogP contribution in [0, 0.1) is 0 Å². The van der Waals surface area contributed by atoms with E-state index in [-0.39, 0.29) is 6.04 Å². The molecule has 98 valence electrons. The van der Waals surface area contributed by atoms with Crippen LogP contribution in [0.4, 0.5) is 5.69 Å². The third kappa shape index (κ3) is 3.12. The van der Waals surface area contributed by atoms with Crippen LogP contribution in [0.3, 0.4) is 0 Å². The van der Waals surface area contributed by atoms with Crippen molar-refractivity contribution in [3.63, 3.8) is 0 Å². The summed E-state index contributed by atoms with van der Waals surface area (Å²) in [5.41, 5.74) is 8.38. The third-order valence-electron chi connectivity index (χ3n) is 3.49. The molecule has 0 aliphatic heterocycles. The second kappa shape index (κ2) is 6.03. The molecule has 1 aromatic carbocycles. The highest BCUT2D eigenvalue weighted by molar-refractivity contribution is 5.46. The van der Waals surface area contributed by atoms with Gasteiger partial charge in [-0.05, 0) is 30.5 Å². The zero-order valence-electron chi connectivity index (χ0n) is 11.3. The van der Waals surface area contributed by atoms with Crippen LogP contribution in [0.2, 0.25) is 0 Å². The van der Waals surface area contributed by atoms with Crippen LogP contribution in [0.15, 0.2) is 36.4 Å². The Hall–Kier alpha value is -1.32. The van der Waals surface area contributed by atoms with Crippen LogP contribution in [0.25, 0.3) is 0 Å². The van der Waals surface area contributed by atoms with Gasteiger partial charge in [-0.25, -0.2) is 0 Å². The van der Waals surface area contributed by atoms with E-state index in [0.29, 0.717) is 12.6 Å². The Bertz CT molecular complexity index is 387. The number of nitrogens with zero attached hydrogens (tertiary/aromatic N) is 1. The molecule has 0 radical (unpaired) electrons. The van der Waals surface area contributed by atoms with Gasteiger partial charge in [0.05, 0.1) is 0 Å². The Morgan fingerprint density at radius 2 is 1.83 bits per heavy atom. The van der Waals surface area contributed by atoms with Gasteiger partial charge in [0, 0.05) is 38.4 Å². The van der Waals surface area contributed by atoms with E-state index >= 15 is 0 Å². The molecule has 18 heavy (non-hydrogen) atoms. The molecular formula is C15H23N3. The van der Waals surface area contributed by atoms with Gasteiger partial charge in [-0.1, -0.05) is 24.3 Å². The van der Waals surface area contributed by atoms with Crippen LogP contribution in [-0.4, -0.2) is 26.7 Å². The smallest absolute Gasteiger partial charge is 0.0446 e. The van der Waals surface area contributed by atoms with E-state index in [9.17, 15) is 0 Å². The molecule has 1 atom stereocenters. The lowest BCUT2D eigenvalue weighted by Crippen LogP contribution is -2.35. The van der Waals surface area contributed by atoms with E-state index in [4.69, 9.17) is 5.73 Å². The lowest BCUT2D eigenvalue weighted by molar-refractivity contribution is 0.453. The van der Waals surface area contributed by atoms with Gasteiger partial charge < -0.3 is 16.0 Å². The van der Waals surface area contributed by atoms with Gasteiger partial charge in [0.1, 0.15) is 0 Å². The normalized spacial score (nSPS) is 17.1. The average Bonchev–Trinajstić information content (AvgIpc) is 2.89. The first-order valence-corrected chi connectivity index (χ1v) is 6.59. The lowest BCUT2D eigenvalue weighted by atomic mass is 10.0. The Morgan fingerprint density at radius 3 is 2.33 bits per heavy atom. The molecule has 1 aliphatic carbocycles. The number of hydrogen-bond donors (Lipinski definition) is 2. The first-order chi connectivity index (χ1) is 8.70. The predicted molar refractivity (Wildman–Crippen MR) is 77.9 cm³/mol. The fraction of sp³-hybridized carbons (Fsp3) is 0.467. The maximum Gasteiger partial charge on any atom is 0.0446 e. The van der Waals surface area contributed by atoms with E-state index in [1.54, 1.807) is 0 Å². The Balaban J connectivity index is 2.02. The number of nitrogens with two attached hydrogens (primary N) is 1. The molecular weight excluding hydrogens is 222 g/mol. The summed E-state index contributed by atoms with van der Waals surface area (Å²) >= 11 is 0. The van der Waals surface area contributed by atoms with E-state index < -0.39 is 0 Å². The molecule has 0 fully saturated rings. The zero-order chi connectivity index (χ0) is 13.0. The molecule has 0 spiro atoms. The highest BCUT2D eigenvalue weighted by atomic mass is 15.1. The molecule has 1 unspecified atom stereocenters. The van der Waals surface area contributed by atoms with Crippen molar-refractivity contribution >= 4 is 5.69 Å². The summed E-state index contributed by atoms with van der Waals surface area (Å²) in [6, 6.07) is 9.43. The summed E-state index contributed by atoms with van der Waals surface area (Å²) in [5, 5.41) is 3.63. The molecule has 3 N–H and O–H groups in total. The summed E-state index contributed by atoms with van der Waals surface area (Å²) in [7, 11) is 4.11. The Kier molecular flexibility index (Phi) is 4.39. The summed E-state index contributed by atoms with van der Waals surface area (Å²) < 4.78 is 0. The van der Waals surface area contributed by atoms with Crippen LogP contribution in [0.5, 0.6) is 0 Å². The topological polar surface area (TPSA) is 41.3 Å². The highest BCUT2D eigenvalue weighted by Gasteiger charge is 2.16. The average molecular weight is 245 g/mol. The van der Waals surface area contributed by atoms with E-state index in [1.165, 1.54) is 11.3 Å². The number of benzene rings is 1. The molecule has 2 rings (SSSR count). The molecule has 0 amide bonds. The molecule has 1 aliphatic rings. The van der Waals surface area contributed by atoms with Gasteiger partial charge in [0.25, 0.3) is 0 Å². The van der Waals surface area contributed by atoms with Gasteiger partial charge in [-0.15, -0.1) is 0 Å². The minimum Gasteiger partial charge on any atom is -0.378 e. The molecule has 1 aromatic rings. The largest absolute Gasteiger partial charge is 0.378 e. The van der Waals surface area contributed by atoms with Crippen LogP contribution >= 0.6 is 0 Å². The molecule has 0 bridgehead atoms. The minimum atomic E-state index is 0.256. The van der Waals surface area contributed by atoms with E-state index in [0.717, 1.165) is 12.8 Å².